The zero-order valence-corrected chi connectivity index (χ0v) is 12.8. The molecule has 0 saturated carbocycles. The molecular weight excluding hydrogens is 304 g/mol. The van der Waals surface area contributed by atoms with Gasteiger partial charge in [-0.3, -0.25) is 10.5 Å². The van der Waals surface area contributed by atoms with Crippen LogP contribution in [0.4, 0.5) is 0 Å². The molecule has 4 nitrogen and oxygen atoms in total. The summed E-state index contributed by atoms with van der Waals surface area (Å²) in [7, 11) is 0. The standard InChI is InChI=1S/C14H19BrN4/c1-3-8-19-14(12(15)9-17-19)13(18-16)11-6-4-10(2)5-7-11/h4-7,9,13,18H,3,8,16H2,1-2H3. The van der Waals surface area contributed by atoms with E-state index in [1.54, 1.807) is 0 Å². The summed E-state index contributed by atoms with van der Waals surface area (Å²) >= 11 is 3.56. The number of aromatic nitrogens is 2. The first kappa shape index (κ1) is 14.2. The van der Waals surface area contributed by atoms with Gasteiger partial charge in [0.05, 0.1) is 22.4 Å². The Labute approximate surface area is 122 Å². The summed E-state index contributed by atoms with van der Waals surface area (Å²) in [5, 5.41) is 4.39. The van der Waals surface area contributed by atoms with Gasteiger partial charge >= 0.3 is 0 Å². The van der Waals surface area contributed by atoms with Gasteiger partial charge in [-0.1, -0.05) is 36.8 Å². The van der Waals surface area contributed by atoms with Gasteiger partial charge in [0.25, 0.3) is 0 Å². The predicted molar refractivity (Wildman–Crippen MR) is 80.6 cm³/mol. The average Bonchev–Trinajstić information content (AvgIpc) is 2.76. The van der Waals surface area contributed by atoms with E-state index in [1.165, 1.54) is 5.56 Å². The van der Waals surface area contributed by atoms with Crippen LogP contribution in [0.3, 0.4) is 0 Å². The van der Waals surface area contributed by atoms with E-state index in [2.05, 4.69) is 64.6 Å². The van der Waals surface area contributed by atoms with Gasteiger partial charge in [-0.25, -0.2) is 5.43 Å². The fourth-order valence-corrected chi connectivity index (χ4v) is 2.67. The minimum Gasteiger partial charge on any atom is -0.271 e. The van der Waals surface area contributed by atoms with Crippen LogP contribution in [-0.2, 0) is 6.54 Å². The molecule has 0 aliphatic heterocycles. The molecule has 0 fully saturated rings. The first-order chi connectivity index (χ1) is 9.17. The van der Waals surface area contributed by atoms with E-state index in [4.69, 9.17) is 5.84 Å². The van der Waals surface area contributed by atoms with Gasteiger partial charge in [-0.15, -0.1) is 0 Å². The van der Waals surface area contributed by atoms with Crippen LogP contribution in [0.5, 0.6) is 0 Å². The molecule has 0 amide bonds. The molecule has 19 heavy (non-hydrogen) atoms. The average molecular weight is 323 g/mol. The molecular formula is C14H19BrN4. The van der Waals surface area contributed by atoms with Crippen LogP contribution in [0.25, 0.3) is 0 Å². The van der Waals surface area contributed by atoms with E-state index >= 15 is 0 Å². The molecule has 1 heterocycles. The third-order valence-corrected chi connectivity index (χ3v) is 3.73. The first-order valence-corrected chi connectivity index (χ1v) is 7.20. The quantitative estimate of drug-likeness (QED) is 0.657. The molecule has 0 aliphatic carbocycles. The molecule has 0 bridgehead atoms. The zero-order chi connectivity index (χ0) is 13.8. The Kier molecular flexibility index (Phi) is 4.74. The molecule has 1 atom stereocenters. The molecule has 1 aromatic carbocycles. The summed E-state index contributed by atoms with van der Waals surface area (Å²) in [6.45, 7) is 5.09. The lowest BCUT2D eigenvalue weighted by Crippen LogP contribution is -2.31. The lowest BCUT2D eigenvalue weighted by molar-refractivity contribution is 0.519. The number of hydrogen-bond acceptors (Lipinski definition) is 3. The summed E-state index contributed by atoms with van der Waals surface area (Å²) in [5.41, 5.74) is 6.32. The minimum atomic E-state index is -0.0657. The van der Waals surface area contributed by atoms with Gasteiger partial charge in [0.1, 0.15) is 0 Å². The molecule has 5 heteroatoms. The predicted octanol–water partition coefficient (Wildman–Crippen LogP) is 2.92. The second-order valence-corrected chi connectivity index (χ2v) is 5.47. The highest BCUT2D eigenvalue weighted by Crippen LogP contribution is 2.28. The number of rotatable bonds is 5. The normalized spacial score (nSPS) is 12.6. The lowest BCUT2D eigenvalue weighted by atomic mass is 10.0. The lowest BCUT2D eigenvalue weighted by Gasteiger charge is -2.19. The highest BCUT2D eigenvalue weighted by Gasteiger charge is 2.20. The maximum atomic E-state index is 5.76. The van der Waals surface area contributed by atoms with Crippen molar-refractivity contribution in [2.24, 2.45) is 5.84 Å². The van der Waals surface area contributed by atoms with Crippen molar-refractivity contribution in [3.8, 4) is 0 Å². The minimum absolute atomic E-state index is 0.0657. The Morgan fingerprint density at radius 2 is 2.05 bits per heavy atom. The Morgan fingerprint density at radius 3 is 2.63 bits per heavy atom. The van der Waals surface area contributed by atoms with Crippen molar-refractivity contribution < 1.29 is 0 Å². The van der Waals surface area contributed by atoms with Crippen LogP contribution in [-0.4, -0.2) is 9.78 Å². The summed E-state index contributed by atoms with van der Waals surface area (Å²) in [4.78, 5) is 0. The van der Waals surface area contributed by atoms with Gasteiger partial charge in [0.2, 0.25) is 0 Å². The third-order valence-electron chi connectivity index (χ3n) is 3.12. The summed E-state index contributed by atoms with van der Waals surface area (Å²) in [5.74, 6) is 5.76. The number of hydrazine groups is 1. The van der Waals surface area contributed by atoms with Crippen LogP contribution in [0.15, 0.2) is 34.9 Å². The van der Waals surface area contributed by atoms with Crippen molar-refractivity contribution in [1.82, 2.24) is 15.2 Å². The number of aryl methyl sites for hydroxylation is 2. The van der Waals surface area contributed by atoms with E-state index in [9.17, 15) is 0 Å². The van der Waals surface area contributed by atoms with Gasteiger partial charge in [0, 0.05) is 6.54 Å². The van der Waals surface area contributed by atoms with Crippen molar-refractivity contribution >= 4 is 15.9 Å². The molecule has 3 N–H and O–H groups in total. The highest BCUT2D eigenvalue weighted by molar-refractivity contribution is 9.10. The van der Waals surface area contributed by atoms with Crippen molar-refractivity contribution in [1.29, 1.82) is 0 Å². The summed E-state index contributed by atoms with van der Waals surface area (Å²) < 4.78 is 2.97. The number of benzene rings is 1. The maximum absolute atomic E-state index is 5.76. The molecule has 0 radical (unpaired) electrons. The maximum Gasteiger partial charge on any atom is 0.0889 e. The van der Waals surface area contributed by atoms with Crippen LogP contribution in [0.1, 0.15) is 36.2 Å². The fraction of sp³-hybridized carbons (Fsp3) is 0.357. The van der Waals surface area contributed by atoms with Crippen LogP contribution < -0.4 is 11.3 Å². The monoisotopic (exact) mass is 322 g/mol. The number of halogens is 1. The second kappa shape index (κ2) is 6.32. The molecule has 0 spiro atoms. The smallest absolute Gasteiger partial charge is 0.0889 e. The van der Waals surface area contributed by atoms with E-state index in [0.29, 0.717) is 0 Å². The third kappa shape index (κ3) is 3.05. The summed E-state index contributed by atoms with van der Waals surface area (Å²) in [6, 6.07) is 8.30. The topological polar surface area (TPSA) is 55.9 Å². The Balaban J connectivity index is 2.41. The highest BCUT2D eigenvalue weighted by atomic mass is 79.9. The van der Waals surface area contributed by atoms with Gasteiger partial charge < -0.3 is 0 Å². The van der Waals surface area contributed by atoms with Crippen molar-refractivity contribution in [3.05, 3.63) is 51.8 Å². The molecule has 102 valence electrons. The Morgan fingerprint density at radius 1 is 1.37 bits per heavy atom. The SMILES string of the molecule is CCCn1ncc(Br)c1C(NN)c1ccc(C)cc1. The molecule has 1 unspecified atom stereocenters. The summed E-state index contributed by atoms with van der Waals surface area (Å²) in [6.07, 6.45) is 2.86. The van der Waals surface area contributed by atoms with Gasteiger partial charge in [0.15, 0.2) is 0 Å². The van der Waals surface area contributed by atoms with Crippen molar-refractivity contribution in [2.45, 2.75) is 32.9 Å². The largest absolute Gasteiger partial charge is 0.271 e. The number of nitrogens with zero attached hydrogens (tertiary/aromatic N) is 2. The fourth-order valence-electron chi connectivity index (χ4n) is 2.14. The molecule has 1 aromatic heterocycles. The van der Waals surface area contributed by atoms with E-state index < -0.39 is 0 Å². The Hall–Kier alpha value is -1.17. The van der Waals surface area contributed by atoms with E-state index in [-0.39, 0.29) is 6.04 Å². The number of nitrogens with two attached hydrogens (primary N) is 1. The number of hydrogen-bond donors (Lipinski definition) is 2. The second-order valence-electron chi connectivity index (χ2n) is 4.61. The van der Waals surface area contributed by atoms with Crippen molar-refractivity contribution in [3.63, 3.8) is 0 Å². The number of nitrogens with one attached hydrogen (secondary N) is 1. The van der Waals surface area contributed by atoms with E-state index in [1.807, 2.05) is 10.9 Å². The first-order valence-electron chi connectivity index (χ1n) is 6.41. The molecule has 0 saturated heterocycles. The van der Waals surface area contributed by atoms with Gasteiger partial charge in [-0.05, 0) is 34.8 Å². The van der Waals surface area contributed by atoms with E-state index in [0.717, 1.165) is 28.7 Å². The van der Waals surface area contributed by atoms with Crippen LogP contribution >= 0.6 is 15.9 Å². The van der Waals surface area contributed by atoms with Crippen LogP contribution in [0.2, 0.25) is 0 Å². The Bertz CT molecular complexity index is 533. The molecule has 0 aliphatic rings. The van der Waals surface area contributed by atoms with Crippen molar-refractivity contribution in [2.75, 3.05) is 0 Å². The molecule has 2 aromatic rings. The molecule has 2 rings (SSSR count). The van der Waals surface area contributed by atoms with Crippen LogP contribution in [0, 0.1) is 6.92 Å². The van der Waals surface area contributed by atoms with Gasteiger partial charge in [-0.2, -0.15) is 5.10 Å². The zero-order valence-electron chi connectivity index (χ0n) is 11.2.